The van der Waals surface area contributed by atoms with Gasteiger partial charge in [0.1, 0.15) is 6.04 Å². The fraction of sp³-hybridized carbons (Fsp3) is 0.125. The van der Waals surface area contributed by atoms with Gasteiger partial charge < -0.3 is 5.32 Å². The molecule has 30 heavy (non-hydrogen) atoms. The van der Waals surface area contributed by atoms with Crippen LogP contribution in [0, 0.1) is 6.92 Å². The van der Waals surface area contributed by atoms with Gasteiger partial charge in [0.25, 0.3) is 11.8 Å². The van der Waals surface area contributed by atoms with E-state index in [2.05, 4.69) is 21.2 Å². The van der Waals surface area contributed by atoms with Crippen molar-refractivity contribution in [2.75, 3.05) is 5.32 Å². The minimum atomic E-state index is -0.972. The van der Waals surface area contributed by atoms with Crippen LogP contribution in [0.5, 0.6) is 0 Å². The van der Waals surface area contributed by atoms with E-state index < -0.39 is 23.8 Å². The zero-order chi connectivity index (χ0) is 21.3. The predicted octanol–water partition coefficient (Wildman–Crippen LogP) is 4.60. The Balaban J connectivity index is 1.67. The molecule has 3 amide bonds. The van der Waals surface area contributed by atoms with Crippen molar-refractivity contribution in [3.63, 3.8) is 0 Å². The molecule has 1 unspecified atom stereocenters. The Morgan fingerprint density at radius 1 is 0.900 bits per heavy atom. The summed E-state index contributed by atoms with van der Waals surface area (Å²) in [5.74, 6) is -1.30. The van der Waals surface area contributed by atoms with E-state index in [4.69, 9.17) is 0 Å². The minimum absolute atomic E-state index is 0.219. The second-order valence-corrected chi connectivity index (χ2v) is 8.14. The molecule has 0 radical (unpaired) electrons. The lowest BCUT2D eigenvalue weighted by Crippen LogP contribution is -2.48. The molecule has 3 aromatic rings. The average molecular weight is 463 g/mol. The standard InChI is InChI=1S/C24H19BrN2O3/c1-15-6-12-18(13-7-15)26-22(28)21(14-16-8-10-17(25)11-9-16)27-23(29)19-4-2-3-5-20(19)24(27)30/h2-13,21H,14H2,1H3,(H,26,28). The van der Waals surface area contributed by atoms with E-state index in [0.29, 0.717) is 16.8 Å². The number of amides is 3. The molecule has 6 heteroatoms. The van der Waals surface area contributed by atoms with Crippen molar-refractivity contribution in [1.29, 1.82) is 0 Å². The summed E-state index contributed by atoms with van der Waals surface area (Å²) < 4.78 is 0.910. The predicted molar refractivity (Wildman–Crippen MR) is 118 cm³/mol. The fourth-order valence-electron chi connectivity index (χ4n) is 3.50. The quantitative estimate of drug-likeness (QED) is 0.563. The van der Waals surface area contributed by atoms with Gasteiger partial charge in [0, 0.05) is 16.6 Å². The lowest BCUT2D eigenvalue weighted by Gasteiger charge is -2.25. The summed E-state index contributed by atoms with van der Waals surface area (Å²) in [6.07, 6.45) is 0.219. The van der Waals surface area contributed by atoms with Gasteiger partial charge in [0.05, 0.1) is 11.1 Å². The number of hydrogen-bond donors (Lipinski definition) is 1. The number of aryl methyl sites for hydroxylation is 1. The third kappa shape index (κ3) is 3.91. The Morgan fingerprint density at radius 2 is 1.47 bits per heavy atom. The highest BCUT2D eigenvalue weighted by molar-refractivity contribution is 9.10. The van der Waals surface area contributed by atoms with Gasteiger partial charge in [-0.1, -0.05) is 57.9 Å². The summed E-state index contributed by atoms with van der Waals surface area (Å²) in [5.41, 5.74) is 3.18. The third-order valence-electron chi connectivity index (χ3n) is 5.10. The number of carbonyl (C=O) groups excluding carboxylic acids is 3. The molecule has 0 aliphatic carbocycles. The number of benzene rings is 3. The molecule has 0 bridgehead atoms. The summed E-state index contributed by atoms with van der Waals surface area (Å²) in [6.45, 7) is 1.96. The van der Waals surface area contributed by atoms with E-state index >= 15 is 0 Å². The van der Waals surface area contributed by atoms with Crippen molar-refractivity contribution in [2.24, 2.45) is 0 Å². The summed E-state index contributed by atoms with van der Waals surface area (Å²) in [6, 6.07) is 20.5. The Bertz CT molecular complexity index is 1090. The zero-order valence-electron chi connectivity index (χ0n) is 16.3. The number of anilines is 1. The first-order valence-corrected chi connectivity index (χ1v) is 10.3. The molecule has 0 spiro atoms. The molecular weight excluding hydrogens is 444 g/mol. The monoisotopic (exact) mass is 462 g/mol. The van der Waals surface area contributed by atoms with Crippen LogP contribution in [0.2, 0.25) is 0 Å². The van der Waals surface area contributed by atoms with Crippen LogP contribution in [-0.2, 0) is 11.2 Å². The van der Waals surface area contributed by atoms with Crippen LogP contribution in [0.1, 0.15) is 31.8 Å². The number of imide groups is 1. The SMILES string of the molecule is Cc1ccc(NC(=O)C(Cc2ccc(Br)cc2)N2C(=O)c3ccccc3C2=O)cc1. The van der Waals surface area contributed by atoms with Crippen LogP contribution in [0.3, 0.4) is 0 Å². The van der Waals surface area contributed by atoms with Crippen LogP contribution >= 0.6 is 15.9 Å². The Hall–Kier alpha value is -3.25. The smallest absolute Gasteiger partial charge is 0.262 e. The maximum Gasteiger partial charge on any atom is 0.262 e. The molecule has 5 nitrogen and oxygen atoms in total. The summed E-state index contributed by atoms with van der Waals surface area (Å²) in [5, 5.41) is 2.85. The highest BCUT2D eigenvalue weighted by Gasteiger charge is 2.42. The molecule has 0 fully saturated rings. The Labute approximate surface area is 182 Å². The van der Waals surface area contributed by atoms with Crippen LogP contribution in [0.25, 0.3) is 0 Å². The van der Waals surface area contributed by atoms with Gasteiger partial charge in [-0.25, -0.2) is 0 Å². The number of nitrogens with zero attached hydrogens (tertiary/aromatic N) is 1. The molecule has 150 valence electrons. The van der Waals surface area contributed by atoms with Crippen molar-refractivity contribution in [2.45, 2.75) is 19.4 Å². The molecule has 1 aliphatic rings. The van der Waals surface area contributed by atoms with E-state index in [1.54, 1.807) is 36.4 Å². The maximum absolute atomic E-state index is 13.2. The van der Waals surface area contributed by atoms with Crippen LogP contribution in [-0.4, -0.2) is 28.7 Å². The lowest BCUT2D eigenvalue weighted by molar-refractivity contribution is -0.119. The first-order valence-electron chi connectivity index (χ1n) is 9.53. The van der Waals surface area contributed by atoms with Crippen molar-refractivity contribution >= 4 is 39.3 Å². The molecule has 1 heterocycles. The fourth-order valence-corrected chi connectivity index (χ4v) is 3.76. The molecule has 1 aliphatic heterocycles. The van der Waals surface area contributed by atoms with Gasteiger partial charge in [-0.05, 0) is 48.9 Å². The van der Waals surface area contributed by atoms with Crippen molar-refractivity contribution in [3.8, 4) is 0 Å². The first-order chi connectivity index (χ1) is 14.4. The molecular formula is C24H19BrN2O3. The summed E-state index contributed by atoms with van der Waals surface area (Å²) >= 11 is 3.40. The van der Waals surface area contributed by atoms with Gasteiger partial charge >= 0.3 is 0 Å². The second-order valence-electron chi connectivity index (χ2n) is 7.23. The summed E-state index contributed by atoms with van der Waals surface area (Å²) in [4.78, 5) is 40.3. The maximum atomic E-state index is 13.2. The summed E-state index contributed by atoms with van der Waals surface area (Å²) in [7, 11) is 0. The van der Waals surface area contributed by atoms with Crippen molar-refractivity contribution < 1.29 is 14.4 Å². The van der Waals surface area contributed by atoms with E-state index in [0.717, 1.165) is 20.5 Å². The number of hydrogen-bond acceptors (Lipinski definition) is 3. The number of fused-ring (bicyclic) bond motifs is 1. The second kappa shape index (κ2) is 8.24. The Morgan fingerprint density at radius 3 is 2.03 bits per heavy atom. The highest BCUT2D eigenvalue weighted by Crippen LogP contribution is 2.27. The minimum Gasteiger partial charge on any atom is -0.324 e. The van der Waals surface area contributed by atoms with E-state index in [1.165, 1.54) is 0 Å². The lowest BCUT2D eigenvalue weighted by atomic mass is 10.0. The van der Waals surface area contributed by atoms with E-state index in [-0.39, 0.29) is 6.42 Å². The average Bonchev–Trinajstić information content (AvgIpc) is 3.00. The van der Waals surface area contributed by atoms with Gasteiger partial charge in [-0.2, -0.15) is 0 Å². The van der Waals surface area contributed by atoms with Crippen molar-refractivity contribution in [3.05, 3.63) is 99.5 Å². The Kier molecular flexibility index (Phi) is 5.50. The number of carbonyl (C=O) groups is 3. The number of rotatable bonds is 5. The molecule has 0 saturated heterocycles. The third-order valence-corrected chi connectivity index (χ3v) is 5.63. The number of halogens is 1. The normalized spacial score (nSPS) is 13.9. The first kappa shape index (κ1) is 20.0. The topological polar surface area (TPSA) is 66.5 Å². The van der Waals surface area contributed by atoms with Crippen LogP contribution in [0.4, 0.5) is 5.69 Å². The van der Waals surface area contributed by atoms with Gasteiger partial charge in [0.15, 0.2) is 0 Å². The van der Waals surface area contributed by atoms with Crippen LogP contribution < -0.4 is 5.32 Å². The molecule has 3 aromatic carbocycles. The van der Waals surface area contributed by atoms with E-state index in [1.807, 2.05) is 43.3 Å². The van der Waals surface area contributed by atoms with E-state index in [9.17, 15) is 14.4 Å². The highest BCUT2D eigenvalue weighted by atomic mass is 79.9. The van der Waals surface area contributed by atoms with Crippen molar-refractivity contribution in [1.82, 2.24) is 4.90 Å². The zero-order valence-corrected chi connectivity index (χ0v) is 17.8. The molecule has 1 N–H and O–H groups in total. The van der Waals surface area contributed by atoms with Crippen LogP contribution in [0.15, 0.2) is 77.3 Å². The molecule has 0 aromatic heterocycles. The largest absolute Gasteiger partial charge is 0.324 e. The van der Waals surface area contributed by atoms with Gasteiger partial charge in [0.2, 0.25) is 5.91 Å². The number of nitrogens with one attached hydrogen (secondary N) is 1. The molecule has 0 saturated carbocycles. The van der Waals surface area contributed by atoms with Gasteiger partial charge in [-0.3, -0.25) is 19.3 Å². The molecule has 4 rings (SSSR count). The van der Waals surface area contributed by atoms with Gasteiger partial charge in [-0.15, -0.1) is 0 Å². The molecule has 1 atom stereocenters.